The van der Waals surface area contributed by atoms with Gasteiger partial charge in [-0.15, -0.1) is 11.3 Å². The van der Waals surface area contributed by atoms with Crippen LogP contribution in [0.1, 0.15) is 11.1 Å². The van der Waals surface area contributed by atoms with E-state index in [1.807, 2.05) is 30.3 Å². The van der Waals surface area contributed by atoms with Crippen molar-refractivity contribution in [2.45, 2.75) is 19.5 Å². The Kier molecular flexibility index (Phi) is 5.00. The van der Waals surface area contributed by atoms with Crippen molar-refractivity contribution in [3.05, 3.63) is 97.0 Å². The smallest absolute Gasteiger partial charge is 0.310 e. The number of fused-ring (bicyclic) bond motifs is 2. The standard InChI is InChI=1S/C23H18ClN3O3S/c24-17-7-3-1-6-16(17)13-27-22(29)21-19(10-12-31-21)26(23(27)30)14-20(28)25-11-9-15-5-2-4-8-18(15)25/h1-8,10,12H,9,11,13-14H2. The Bertz CT molecular complexity index is 1440. The molecule has 1 aliphatic rings. The Hall–Kier alpha value is -3.16. The Morgan fingerprint density at radius 1 is 1.00 bits per heavy atom. The molecule has 0 N–H and O–H groups in total. The monoisotopic (exact) mass is 451 g/mol. The second kappa shape index (κ2) is 7.83. The predicted molar refractivity (Wildman–Crippen MR) is 123 cm³/mol. The Morgan fingerprint density at radius 2 is 1.77 bits per heavy atom. The van der Waals surface area contributed by atoms with Crippen LogP contribution in [0.5, 0.6) is 0 Å². The number of nitrogens with zero attached hydrogens (tertiary/aromatic N) is 3. The Balaban J connectivity index is 1.57. The first-order valence-corrected chi connectivity index (χ1v) is 11.1. The van der Waals surface area contributed by atoms with Crippen molar-refractivity contribution in [1.82, 2.24) is 9.13 Å². The number of benzene rings is 2. The number of rotatable bonds is 4. The summed E-state index contributed by atoms with van der Waals surface area (Å²) < 4.78 is 3.00. The van der Waals surface area contributed by atoms with E-state index in [4.69, 9.17) is 11.6 Å². The summed E-state index contributed by atoms with van der Waals surface area (Å²) in [7, 11) is 0. The van der Waals surface area contributed by atoms with Gasteiger partial charge in [-0.1, -0.05) is 48.0 Å². The predicted octanol–water partition coefficient (Wildman–Crippen LogP) is 3.52. The quantitative estimate of drug-likeness (QED) is 0.477. The first-order chi connectivity index (χ1) is 15.0. The van der Waals surface area contributed by atoms with Gasteiger partial charge < -0.3 is 4.90 Å². The molecule has 0 radical (unpaired) electrons. The fourth-order valence-corrected chi connectivity index (χ4v) is 5.08. The molecule has 0 saturated heterocycles. The summed E-state index contributed by atoms with van der Waals surface area (Å²) in [6.07, 6.45) is 0.788. The molecule has 1 aliphatic heterocycles. The maximum atomic E-state index is 13.3. The van der Waals surface area contributed by atoms with Gasteiger partial charge in [-0.3, -0.25) is 18.7 Å². The fourth-order valence-electron chi connectivity index (χ4n) is 4.04. The molecule has 0 bridgehead atoms. The van der Waals surface area contributed by atoms with Crippen molar-refractivity contribution in [2.24, 2.45) is 0 Å². The molecule has 5 rings (SSSR count). The molecule has 31 heavy (non-hydrogen) atoms. The molecule has 0 unspecified atom stereocenters. The molecule has 2 aromatic heterocycles. The molecule has 4 aromatic rings. The Labute approximate surface area is 186 Å². The van der Waals surface area contributed by atoms with Crippen molar-refractivity contribution < 1.29 is 4.79 Å². The summed E-state index contributed by atoms with van der Waals surface area (Å²) in [5, 5.41) is 2.24. The summed E-state index contributed by atoms with van der Waals surface area (Å²) in [6.45, 7) is 0.494. The van der Waals surface area contributed by atoms with E-state index in [2.05, 4.69) is 0 Å². The summed E-state index contributed by atoms with van der Waals surface area (Å²) in [5.74, 6) is -0.178. The molecule has 0 spiro atoms. The number of hydrogen-bond acceptors (Lipinski definition) is 4. The lowest BCUT2D eigenvalue weighted by Crippen LogP contribution is -2.43. The summed E-state index contributed by atoms with van der Waals surface area (Å²) >= 11 is 7.51. The van der Waals surface area contributed by atoms with Gasteiger partial charge in [0.1, 0.15) is 11.2 Å². The maximum Gasteiger partial charge on any atom is 0.332 e. The highest BCUT2D eigenvalue weighted by Gasteiger charge is 2.26. The Morgan fingerprint density at radius 3 is 2.61 bits per heavy atom. The number of aromatic nitrogens is 2. The molecule has 6 nitrogen and oxygen atoms in total. The summed E-state index contributed by atoms with van der Waals surface area (Å²) in [4.78, 5) is 41.2. The van der Waals surface area contributed by atoms with Gasteiger partial charge in [0.2, 0.25) is 5.91 Å². The third-order valence-corrected chi connectivity index (χ3v) is 6.86. The van der Waals surface area contributed by atoms with Gasteiger partial charge >= 0.3 is 5.69 Å². The number of hydrogen-bond donors (Lipinski definition) is 0. The molecule has 1 amide bonds. The van der Waals surface area contributed by atoms with Crippen molar-refractivity contribution in [3.63, 3.8) is 0 Å². The zero-order valence-corrected chi connectivity index (χ0v) is 18.0. The van der Waals surface area contributed by atoms with Crippen molar-refractivity contribution in [3.8, 4) is 0 Å². The molecular formula is C23H18ClN3O3S. The SMILES string of the molecule is O=C(Cn1c(=O)n(Cc2ccccc2Cl)c(=O)c2sccc21)N1CCc2ccccc21. The molecule has 3 heterocycles. The molecular weight excluding hydrogens is 434 g/mol. The fraction of sp³-hybridized carbons (Fsp3) is 0.174. The third kappa shape index (κ3) is 3.40. The number of carbonyl (C=O) groups is 1. The van der Waals surface area contributed by atoms with Crippen LogP contribution in [-0.4, -0.2) is 21.6 Å². The van der Waals surface area contributed by atoms with Crippen LogP contribution < -0.4 is 16.1 Å². The van der Waals surface area contributed by atoms with Gasteiger partial charge in [0, 0.05) is 17.3 Å². The summed E-state index contributed by atoms with van der Waals surface area (Å²) in [5.41, 5.74) is 2.27. The minimum Gasteiger partial charge on any atom is -0.310 e. The average molecular weight is 452 g/mol. The molecule has 156 valence electrons. The van der Waals surface area contributed by atoms with Crippen LogP contribution in [0, 0.1) is 0 Å². The highest BCUT2D eigenvalue weighted by atomic mass is 35.5. The average Bonchev–Trinajstić information content (AvgIpc) is 3.43. The zero-order valence-electron chi connectivity index (χ0n) is 16.5. The lowest BCUT2D eigenvalue weighted by Gasteiger charge is -2.19. The van der Waals surface area contributed by atoms with Gasteiger partial charge in [0.15, 0.2) is 0 Å². The normalized spacial score (nSPS) is 13.0. The van der Waals surface area contributed by atoms with Gasteiger partial charge in [-0.05, 0) is 41.1 Å². The molecule has 2 aromatic carbocycles. The van der Waals surface area contributed by atoms with Crippen molar-refractivity contribution >= 4 is 44.7 Å². The third-order valence-electron chi connectivity index (χ3n) is 5.60. The minimum absolute atomic E-state index is 0.0475. The van der Waals surface area contributed by atoms with Crippen LogP contribution in [0.15, 0.2) is 69.6 Å². The second-order valence-electron chi connectivity index (χ2n) is 7.41. The maximum absolute atomic E-state index is 13.3. The minimum atomic E-state index is -0.517. The van der Waals surface area contributed by atoms with Crippen LogP contribution in [0.25, 0.3) is 10.2 Å². The van der Waals surface area contributed by atoms with Crippen LogP contribution in [0.3, 0.4) is 0 Å². The van der Waals surface area contributed by atoms with E-state index < -0.39 is 5.69 Å². The lowest BCUT2D eigenvalue weighted by molar-refractivity contribution is -0.119. The first kappa shape index (κ1) is 19.8. The van der Waals surface area contributed by atoms with Crippen LogP contribution in [-0.2, 0) is 24.3 Å². The molecule has 8 heteroatoms. The van der Waals surface area contributed by atoms with E-state index in [0.29, 0.717) is 27.3 Å². The van der Waals surface area contributed by atoms with Crippen LogP contribution >= 0.6 is 22.9 Å². The number of amides is 1. The van der Waals surface area contributed by atoms with E-state index in [1.165, 1.54) is 15.9 Å². The number of halogens is 1. The number of carbonyl (C=O) groups excluding carboxylic acids is 1. The molecule has 0 atom stereocenters. The van der Waals surface area contributed by atoms with Gasteiger partial charge in [-0.25, -0.2) is 4.79 Å². The molecule has 0 fully saturated rings. The lowest BCUT2D eigenvalue weighted by atomic mass is 10.2. The van der Waals surface area contributed by atoms with Gasteiger partial charge in [0.05, 0.1) is 12.1 Å². The van der Waals surface area contributed by atoms with Crippen molar-refractivity contribution in [1.29, 1.82) is 0 Å². The van der Waals surface area contributed by atoms with E-state index >= 15 is 0 Å². The molecule has 0 aliphatic carbocycles. The van der Waals surface area contributed by atoms with Crippen LogP contribution in [0.2, 0.25) is 5.02 Å². The van der Waals surface area contributed by atoms with Crippen molar-refractivity contribution in [2.75, 3.05) is 11.4 Å². The highest BCUT2D eigenvalue weighted by molar-refractivity contribution is 7.17. The van der Waals surface area contributed by atoms with E-state index in [1.54, 1.807) is 34.5 Å². The van der Waals surface area contributed by atoms with Gasteiger partial charge in [-0.2, -0.15) is 0 Å². The van der Waals surface area contributed by atoms with Gasteiger partial charge in [0.25, 0.3) is 5.56 Å². The first-order valence-electron chi connectivity index (χ1n) is 9.87. The molecule has 0 saturated carbocycles. The number of thiophene rings is 1. The zero-order chi connectivity index (χ0) is 21.5. The number of anilines is 1. The van der Waals surface area contributed by atoms with Crippen LogP contribution in [0.4, 0.5) is 5.69 Å². The van der Waals surface area contributed by atoms with E-state index in [-0.39, 0.29) is 24.6 Å². The number of para-hydroxylation sites is 1. The van der Waals surface area contributed by atoms with E-state index in [9.17, 15) is 14.4 Å². The topological polar surface area (TPSA) is 64.3 Å². The summed E-state index contributed by atoms with van der Waals surface area (Å²) in [6, 6.07) is 16.6. The second-order valence-corrected chi connectivity index (χ2v) is 8.73. The van der Waals surface area contributed by atoms with E-state index in [0.717, 1.165) is 22.2 Å². The largest absolute Gasteiger partial charge is 0.332 e. The highest BCUT2D eigenvalue weighted by Crippen LogP contribution is 2.28.